The average Bonchev–Trinajstić information content (AvgIpc) is 2.38. The van der Waals surface area contributed by atoms with Gasteiger partial charge in [-0.2, -0.15) is 0 Å². The standard InChI is InChI=1S/C13H18N2O2/c1-12(2)10-7-6-9(15(16)17)8-11(10)14(5)13(12,3)4/h6-8H,1-5H3. The van der Waals surface area contributed by atoms with Crippen LogP contribution in [0.1, 0.15) is 33.3 Å². The van der Waals surface area contributed by atoms with Crippen molar-refractivity contribution in [1.29, 1.82) is 0 Å². The molecule has 92 valence electrons. The van der Waals surface area contributed by atoms with Gasteiger partial charge in [0.1, 0.15) is 0 Å². The zero-order chi connectivity index (χ0) is 13.0. The Kier molecular flexibility index (Phi) is 2.25. The largest absolute Gasteiger partial charge is 0.368 e. The minimum absolute atomic E-state index is 0.0216. The fourth-order valence-corrected chi connectivity index (χ4v) is 2.49. The van der Waals surface area contributed by atoms with Crippen LogP contribution < -0.4 is 4.90 Å². The molecule has 0 unspecified atom stereocenters. The molecule has 0 radical (unpaired) electrons. The molecule has 0 fully saturated rings. The normalized spacial score (nSPS) is 20.2. The van der Waals surface area contributed by atoms with Gasteiger partial charge < -0.3 is 4.90 Å². The van der Waals surface area contributed by atoms with Gasteiger partial charge in [0.15, 0.2) is 0 Å². The van der Waals surface area contributed by atoms with Crippen LogP contribution in [-0.2, 0) is 5.41 Å². The molecule has 0 amide bonds. The van der Waals surface area contributed by atoms with E-state index in [1.807, 2.05) is 13.1 Å². The molecule has 4 nitrogen and oxygen atoms in total. The molecule has 0 spiro atoms. The summed E-state index contributed by atoms with van der Waals surface area (Å²) in [6.07, 6.45) is 0. The first-order chi connectivity index (χ1) is 7.69. The van der Waals surface area contributed by atoms with Gasteiger partial charge in [0.25, 0.3) is 5.69 Å². The molecule has 0 atom stereocenters. The van der Waals surface area contributed by atoms with Crippen molar-refractivity contribution >= 4 is 11.4 Å². The molecule has 0 N–H and O–H groups in total. The molecule has 1 heterocycles. The van der Waals surface area contributed by atoms with E-state index in [1.54, 1.807) is 12.1 Å². The van der Waals surface area contributed by atoms with Crippen LogP contribution in [-0.4, -0.2) is 17.5 Å². The predicted octanol–water partition coefficient (Wildman–Crippen LogP) is 3.10. The summed E-state index contributed by atoms with van der Waals surface area (Å²) >= 11 is 0. The summed E-state index contributed by atoms with van der Waals surface area (Å²) in [5.41, 5.74) is 2.23. The molecule has 0 saturated heterocycles. The molecular formula is C13H18N2O2. The third-order valence-corrected chi connectivity index (χ3v) is 4.59. The number of fused-ring (bicyclic) bond motifs is 1. The smallest absolute Gasteiger partial charge is 0.271 e. The SMILES string of the molecule is CN1c2cc([N+](=O)[O-])ccc2C(C)(C)C1(C)C. The first-order valence-corrected chi connectivity index (χ1v) is 5.72. The number of nitro benzene ring substituents is 1. The molecule has 0 saturated carbocycles. The second-order valence-corrected chi connectivity index (χ2v) is 5.70. The fourth-order valence-electron chi connectivity index (χ4n) is 2.49. The molecule has 17 heavy (non-hydrogen) atoms. The molecule has 0 aliphatic carbocycles. The highest BCUT2D eigenvalue weighted by atomic mass is 16.6. The van der Waals surface area contributed by atoms with Gasteiger partial charge in [0.05, 0.1) is 4.92 Å². The third-order valence-electron chi connectivity index (χ3n) is 4.59. The van der Waals surface area contributed by atoms with E-state index in [1.165, 1.54) is 5.56 Å². The van der Waals surface area contributed by atoms with Crippen molar-refractivity contribution in [2.75, 3.05) is 11.9 Å². The molecule has 0 bridgehead atoms. The van der Waals surface area contributed by atoms with Crippen LogP contribution in [0.25, 0.3) is 0 Å². The predicted molar refractivity (Wildman–Crippen MR) is 68.6 cm³/mol. The summed E-state index contributed by atoms with van der Waals surface area (Å²) in [6, 6.07) is 5.15. The van der Waals surface area contributed by atoms with E-state index in [4.69, 9.17) is 0 Å². The number of hydrogen-bond donors (Lipinski definition) is 0. The average molecular weight is 234 g/mol. The van der Waals surface area contributed by atoms with Crippen molar-refractivity contribution in [3.05, 3.63) is 33.9 Å². The van der Waals surface area contributed by atoms with Gasteiger partial charge >= 0.3 is 0 Å². The highest BCUT2D eigenvalue weighted by Crippen LogP contribution is 2.51. The number of anilines is 1. The van der Waals surface area contributed by atoms with Crippen LogP contribution in [0, 0.1) is 10.1 Å². The Morgan fingerprint density at radius 3 is 2.35 bits per heavy atom. The van der Waals surface area contributed by atoms with Crippen molar-refractivity contribution in [2.24, 2.45) is 0 Å². The minimum atomic E-state index is -0.341. The van der Waals surface area contributed by atoms with E-state index in [0.29, 0.717) is 0 Å². The molecule has 1 aromatic carbocycles. The highest BCUT2D eigenvalue weighted by molar-refractivity contribution is 5.68. The fraction of sp³-hybridized carbons (Fsp3) is 0.538. The Labute approximate surface area is 101 Å². The Hall–Kier alpha value is -1.58. The molecule has 1 aliphatic heterocycles. The van der Waals surface area contributed by atoms with E-state index >= 15 is 0 Å². The lowest BCUT2D eigenvalue weighted by atomic mass is 9.72. The third kappa shape index (κ3) is 1.36. The summed E-state index contributed by atoms with van der Waals surface area (Å²) in [5, 5.41) is 10.8. The topological polar surface area (TPSA) is 46.4 Å². The van der Waals surface area contributed by atoms with Crippen molar-refractivity contribution in [3.63, 3.8) is 0 Å². The maximum atomic E-state index is 10.8. The lowest BCUT2D eigenvalue weighted by molar-refractivity contribution is -0.384. The van der Waals surface area contributed by atoms with E-state index in [-0.39, 0.29) is 21.6 Å². The van der Waals surface area contributed by atoms with Gasteiger partial charge in [-0.25, -0.2) is 0 Å². The second kappa shape index (κ2) is 3.22. The zero-order valence-electron chi connectivity index (χ0n) is 10.9. The Bertz CT molecular complexity index is 492. The van der Waals surface area contributed by atoms with Crippen LogP contribution in [0.5, 0.6) is 0 Å². The van der Waals surface area contributed by atoms with E-state index in [9.17, 15) is 10.1 Å². The van der Waals surface area contributed by atoms with Crippen molar-refractivity contribution in [3.8, 4) is 0 Å². The number of rotatable bonds is 1. The first kappa shape index (κ1) is 11.9. The minimum Gasteiger partial charge on any atom is -0.368 e. The van der Waals surface area contributed by atoms with Crippen LogP contribution in [0.4, 0.5) is 11.4 Å². The Morgan fingerprint density at radius 2 is 1.82 bits per heavy atom. The summed E-state index contributed by atoms with van der Waals surface area (Å²) in [7, 11) is 2.00. The number of nitrogens with zero attached hydrogens (tertiary/aromatic N) is 2. The van der Waals surface area contributed by atoms with E-state index in [0.717, 1.165) is 5.69 Å². The number of non-ortho nitro benzene ring substituents is 1. The van der Waals surface area contributed by atoms with E-state index in [2.05, 4.69) is 32.6 Å². The number of nitro groups is 1. The number of benzene rings is 1. The van der Waals surface area contributed by atoms with Crippen LogP contribution in [0.3, 0.4) is 0 Å². The van der Waals surface area contributed by atoms with Gasteiger partial charge in [-0.3, -0.25) is 10.1 Å². The van der Waals surface area contributed by atoms with Crippen molar-refractivity contribution in [2.45, 2.75) is 38.6 Å². The van der Waals surface area contributed by atoms with Gasteiger partial charge in [-0.1, -0.05) is 13.8 Å². The van der Waals surface area contributed by atoms with Gasteiger partial charge in [0.2, 0.25) is 0 Å². The highest BCUT2D eigenvalue weighted by Gasteiger charge is 2.49. The summed E-state index contributed by atoms with van der Waals surface area (Å²) in [4.78, 5) is 12.6. The van der Waals surface area contributed by atoms with Crippen LogP contribution >= 0.6 is 0 Å². The Morgan fingerprint density at radius 1 is 1.24 bits per heavy atom. The molecule has 1 aliphatic rings. The first-order valence-electron chi connectivity index (χ1n) is 5.72. The monoisotopic (exact) mass is 234 g/mol. The second-order valence-electron chi connectivity index (χ2n) is 5.70. The van der Waals surface area contributed by atoms with Crippen molar-refractivity contribution < 1.29 is 4.92 Å². The van der Waals surface area contributed by atoms with Gasteiger partial charge in [-0.15, -0.1) is 0 Å². The molecule has 1 aromatic rings. The molecular weight excluding hydrogens is 216 g/mol. The van der Waals surface area contributed by atoms with Crippen LogP contribution in [0.15, 0.2) is 18.2 Å². The van der Waals surface area contributed by atoms with E-state index < -0.39 is 0 Å². The summed E-state index contributed by atoms with van der Waals surface area (Å²) < 4.78 is 0. The number of likely N-dealkylation sites (N-methyl/N-ethyl adjacent to an activating group) is 1. The van der Waals surface area contributed by atoms with Gasteiger partial charge in [0, 0.05) is 35.8 Å². The molecule has 4 heteroatoms. The van der Waals surface area contributed by atoms with Gasteiger partial charge in [-0.05, 0) is 25.5 Å². The number of hydrogen-bond acceptors (Lipinski definition) is 3. The van der Waals surface area contributed by atoms with Crippen molar-refractivity contribution in [1.82, 2.24) is 0 Å². The molecule has 2 rings (SSSR count). The Balaban J connectivity index is 2.65. The zero-order valence-corrected chi connectivity index (χ0v) is 10.9. The molecule has 0 aromatic heterocycles. The summed E-state index contributed by atoms with van der Waals surface area (Å²) in [6.45, 7) is 8.69. The lowest BCUT2D eigenvalue weighted by Gasteiger charge is -2.40. The maximum Gasteiger partial charge on any atom is 0.271 e. The maximum absolute atomic E-state index is 10.8. The summed E-state index contributed by atoms with van der Waals surface area (Å²) in [5.74, 6) is 0. The van der Waals surface area contributed by atoms with Crippen LogP contribution in [0.2, 0.25) is 0 Å². The quantitative estimate of drug-likeness (QED) is 0.554. The lowest BCUT2D eigenvalue weighted by Crippen LogP contribution is -2.49.